The van der Waals surface area contributed by atoms with Crippen molar-refractivity contribution in [1.29, 1.82) is 0 Å². The Hall–Kier alpha value is -2.08. The van der Waals surface area contributed by atoms with Crippen molar-refractivity contribution in [2.75, 3.05) is 0 Å². The number of aliphatic carboxylic acids is 1. The molecule has 0 radical (unpaired) electrons. The van der Waals surface area contributed by atoms with E-state index < -0.39 is 17.9 Å². The SMILES string of the molecule is CC1=C(c2ccccc2)CC(OC(F)(F)F)(C(=O)O)C=C1. The largest absolute Gasteiger partial charge is 0.523 e. The number of rotatable bonds is 3. The summed E-state index contributed by atoms with van der Waals surface area (Å²) in [4.78, 5) is 11.3. The third-order valence-corrected chi connectivity index (χ3v) is 3.30. The summed E-state index contributed by atoms with van der Waals surface area (Å²) in [5.74, 6) is -1.67. The lowest BCUT2D eigenvalue weighted by atomic mass is 9.83. The highest BCUT2D eigenvalue weighted by Gasteiger charge is 2.49. The number of carbonyl (C=O) groups is 1. The Balaban J connectivity index is 2.42. The minimum absolute atomic E-state index is 0.381. The van der Waals surface area contributed by atoms with Crippen molar-refractivity contribution < 1.29 is 27.8 Å². The molecule has 6 heteroatoms. The van der Waals surface area contributed by atoms with Gasteiger partial charge < -0.3 is 5.11 Å². The Labute approximate surface area is 119 Å². The quantitative estimate of drug-likeness (QED) is 0.923. The van der Waals surface area contributed by atoms with Gasteiger partial charge in [0.05, 0.1) is 0 Å². The molecule has 0 fully saturated rings. The van der Waals surface area contributed by atoms with Crippen LogP contribution >= 0.6 is 0 Å². The van der Waals surface area contributed by atoms with Crippen molar-refractivity contribution in [1.82, 2.24) is 0 Å². The fourth-order valence-corrected chi connectivity index (χ4v) is 2.26. The fraction of sp³-hybridized carbons (Fsp3) is 0.267. The molecule has 1 aliphatic carbocycles. The summed E-state index contributed by atoms with van der Waals surface area (Å²) in [5, 5.41) is 9.20. The maximum absolute atomic E-state index is 12.5. The smallest absolute Gasteiger partial charge is 0.479 e. The average Bonchev–Trinajstić information content (AvgIpc) is 2.40. The van der Waals surface area contributed by atoms with Gasteiger partial charge in [-0.05, 0) is 29.7 Å². The molecule has 1 atom stereocenters. The molecule has 1 unspecified atom stereocenters. The van der Waals surface area contributed by atoms with Crippen LogP contribution in [-0.4, -0.2) is 23.0 Å². The molecule has 3 nitrogen and oxygen atoms in total. The standard InChI is InChI=1S/C15H13F3O3/c1-10-7-8-14(13(19)20,21-15(16,17)18)9-12(10)11-5-3-2-4-6-11/h2-8H,9H2,1H3,(H,19,20). The van der Waals surface area contributed by atoms with E-state index in [4.69, 9.17) is 0 Å². The Morgan fingerprint density at radius 1 is 1.29 bits per heavy atom. The second-order valence-electron chi connectivity index (χ2n) is 4.78. The second kappa shape index (κ2) is 5.37. The van der Waals surface area contributed by atoms with Crippen molar-refractivity contribution in [3.8, 4) is 0 Å². The lowest BCUT2D eigenvalue weighted by molar-refractivity contribution is -0.353. The molecule has 1 aliphatic rings. The summed E-state index contributed by atoms with van der Waals surface area (Å²) in [7, 11) is 0. The molecule has 0 spiro atoms. The predicted molar refractivity (Wildman–Crippen MR) is 70.3 cm³/mol. The minimum atomic E-state index is -5.03. The van der Waals surface area contributed by atoms with E-state index in [-0.39, 0.29) is 6.42 Å². The third kappa shape index (κ3) is 3.33. The third-order valence-electron chi connectivity index (χ3n) is 3.30. The van der Waals surface area contributed by atoms with Crippen LogP contribution in [0.5, 0.6) is 0 Å². The molecule has 0 aliphatic heterocycles. The van der Waals surface area contributed by atoms with Gasteiger partial charge in [-0.15, -0.1) is 13.2 Å². The van der Waals surface area contributed by atoms with Crippen LogP contribution in [0.1, 0.15) is 18.9 Å². The van der Waals surface area contributed by atoms with Crippen LogP contribution < -0.4 is 0 Å². The number of benzene rings is 1. The summed E-state index contributed by atoms with van der Waals surface area (Å²) < 4.78 is 41.5. The first kappa shape index (κ1) is 15.3. The van der Waals surface area contributed by atoms with Crippen LogP contribution in [0.2, 0.25) is 0 Å². The van der Waals surface area contributed by atoms with E-state index in [9.17, 15) is 23.1 Å². The topological polar surface area (TPSA) is 46.5 Å². The highest BCUT2D eigenvalue weighted by molar-refractivity contribution is 5.87. The zero-order valence-corrected chi connectivity index (χ0v) is 11.1. The highest BCUT2D eigenvalue weighted by Crippen LogP contribution is 2.39. The number of halogens is 3. The van der Waals surface area contributed by atoms with Crippen molar-refractivity contribution in [3.05, 3.63) is 53.6 Å². The average molecular weight is 298 g/mol. The number of hydrogen-bond acceptors (Lipinski definition) is 2. The number of ether oxygens (including phenoxy) is 1. The minimum Gasteiger partial charge on any atom is -0.479 e. The maximum atomic E-state index is 12.5. The van der Waals surface area contributed by atoms with Crippen molar-refractivity contribution in [3.63, 3.8) is 0 Å². The van der Waals surface area contributed by atoms with Crippen LogP contribution in [0.25, 0.3) is 5.57 Å². The molecular formula is C15H13F3O3. The van der Waals surface area contributed by atoms with E-state index >= 15 is 0 Å². The monoisotopic (exact) mass is 298 g/mol. The van der Waals surface area contributed by atoms with Gasteiger partial charge in [0.25, 0.3) is 0 Å². The van der Waals surface area contributed by atoms with Gasteiger partial charge in [0.1, 0.15) is 0 Å². The van der Waals surface area contributed by atoms with Gasteiger partial charge >= 0.3 is 12.3 Å². The van der Waals surface area contributed by atoms with Crippen LogP contribution in [0.3, 0.4) is 0 Å². The summed E-state index contributed by atoms with van der Waals surface area (Å²) >= 11 is 0. The normalized spacial score (nSPS) is 22.5. The first-order valence-electron chi connectivity index (χ1n) is 6.18. The lowest BCUT2D eigenvalue weighted by Gasteiger charge is -2.31. The molecule has 1 aromatic rings. The second-order valence-corrected chi connectivity index (χ2v) is 4.78. The van der Waals surface area contributed by atoms with Crippen molar-refractivity contribution >= 4 is 11.5 Å². The van der Waals surface area contributed by atoms with Crippen LogP contribution in [0.4, 0.5) is 13.2 Å². The summed E-state index contributed by atoms with van der Waals surface area (Å²) in [6.07, 6.45) is -3.11. The highest BCUT2D eigenvalue weighted by atomic mass is 19.4. The Kier molecular flexibility index (Phi) is 3.91. The van der Waals surface area contributed by atoms with E-state index in [1.54, 1.807) is 37.3 Å². The summed E-state index contributed by atoms with van der Waals surface area (Å²) in [6.45, 7) is 1.72. The molecule has 0 amide bonds. The van der Waals surface area contributed by atoms with E-state index in [1.807, 2.05) is 0 Å². The molecule has 1 N–H and O–H groups in total. The van der Waals surface area contributed by atoms with E-state index in [1.165, 1.54) is 6.08 Å². The number of carboxylic acid groups (broad SMARTS) is 1. The number of carboxylic acids is 1. The van der Waals surface area contributed by atoms with Gasteiger partial charge in [-0.2, -0.15) is 0 Å². The van der Waals surface area contributed by atoms with Gasteiger partial charge in [-0.25, -0.2) is 4.79 Å². The molecule has 0 aromatic heterocycles. The fourth-order valence-electron chi connectivity index (χ4n) is 2.26. The molecule has 0 heterocycles. The molecule has 112 valence electrons. The molecule has 1 aromatic carbocycles. The van der Waals surface area contributed by atoms with Crippen molar-refractivity contribution in [2.24, 2.45) is 0 Å². The van der Waals surface area contributed by atoms with Gasteiger partial charge in [0, 0.05) is 6.42 Å². The molecule has 0 saturated carbocycles. The van der Waals surface area contributed by atoms with E-state index in [2.05, 4.69) is 4.74 Å². The van der Waals surface area contributed by atoms with Gasteiger partial charge in [0.15, 0.2) is 5.60 Å². The Morgan fingerprint density at radius 2 is 1.90 bits per heavy atom. The number of hydrogen-bond donors (Lipinski definition) is 1. The number of alkyl halides is 3. The van der Waals surface area contributed by atoms with Gasteiger partial charge in [-0.3, -0.25) is 4.74 Å². The first-order chi connectivity index (χ1) is 9.73. The van der Waals surface area contributed by atoms with Crippen molar-refractivity contribution in [2.45, 2.75) is 25.3 Å². The molecule has 0 saturated heterocycles. The lowest BCUT2D eigenvalue weighted by Crippen LogP contribution is -2.45. The van der Waals surface area contributed by atoms with Crippen LogP contribution in [0, 0.1) is 0 Å². The van der Waals surface area contributed by atoms with Gasteiger partial charge in [0.2, 0.25) is 0 Å². The molecule has 0 bridgehead atoms. The maximum Gasteiger partial charge on any atom is 0.523 e. The Bertz CT molecular complexity index is 602. The zero-order chi connectivity index (χ0) is 15.7. The molecular weight excluding hydrogens is 285 g/mol. The summed E-state index contributed by atoms with van der Waals surface area (Å²) in [6, 6.07) is 8.69. The first-order valence-corrected chi connectivity index (χ1v) is 6.18. The Morgan fingerprint density at radius 3 is 2.43 bits per heavy atom. The predicted octanol–water partition coefficient (Wildman–Crippen LogP) is 3.78. The van der Waals surface area contributed by atoms with Crippen LogP contribution in [0.15, 0.2) is 48.1 Å². The number of allylic oxidation sites excluding steroid dienone is 2. The zero-order valence-electron chi connectivity index (χ0n) is 11.1. The van der Waals surface area contributed by atoms with Crippen LogP contribution in [-0.2, 0) is 9.53 Å². The molecule has 2 rings (SSSR count). The summed E-state index contributed by atoms with van der Waals surface area (Å²) in [5.41, 5.74) is -0.521. The van der Waals surface area contributed by atoms with Gasteiger partial charge in [-0.1, -0.05) is 36.4 Å². The van der Waals surface area contributed by atoms with E-state index in [0.29, 0.717) is 16.7 Å². The van der Waals surface area contributed by atoms with E-state index in [0.717, 1.165) is 6.08 Å². The molecule has 21 heavy (non-hydrogen) atoms.